The SMILES string of the molecule is CCOC(=O)OC(C)n1c(=O)n(C)c(=O)n(C)c1=S. The fraction of sp³-hybridized carbons (Fsp3) is 0.600. The molecule has 1 heterocycles. The van der Waals surface area contributed by atoms with Crippen molar-refractivity contribution in [3.63, 3.8) is 0 Å². The van der Waals surface area contributed by atoms with Gasteiger partial charge in [0, 0.05) is 14.1 Å². The van der Waals surface area contributed by atoms with Crippen LogP contribution in [0.1, 0.15) is 20.1 Å². The van der Waals surface area contributed by atoms with Gasteiger partial charge in [0.05, 0.1) is 6.61 Å². The van der Waals surface area contributed by atoms with Crippen molar-refractivity contribution in [2.24, 2.45) is 14.1 Å². The molecule has 0 radical (unpaired) electrons. The molecule has 9 heteroatoms. The normalized spacial score (nSPS) is 12.0. The summed E-state index contributed by atoms with van der Waals surface area (Å²) in [6.07, 6.45) is -1.88. The molecule has 0 aliphatic carbocycles. The van der Waals surface area contributed by atoms with E-state index >= 15 is 0 Å². The minimum atomic E-state index is -0.975. The Balaban J connectivity index is 3.29. The summed E-state index contributed by atoms with van der Waals surface area (Å²) in [5.41, 5.74) is -1.21. The van der Waals surface area contributed by atoms with Gasteiger partial charge in [-0.2, -0.15) is 0 Å². The summed E-state index contributed by atoms with van der Waals surface area (Å²) in [5.74, 6) is 0. The molecule has 1 unspecified atom stereocenters. The zero-order valence-corrected chi connectivity index (χ0v) is 11.9. The van der Waals surface area contributed by atoms with Gasteiger partial charge in [-0.05, 0) is 26.1 Å². The lowest BCUT2D eigenvalue weighted by Crippen LogP contribution is -2.45. The van der Waals surface area contributed by atoms with E-state index in [0.717, 1.165) is 13.7 Å². The average molecular weight is 289 g/mol. The second-order valence-electron chi connectivity index (χ2n) is 3.74. The summed E-state index contributed by atoms with van der Waals surface area (Å²) in [4.78, 5) is 34.8. The zero-order valence-electron chi connectivity index (χ0n) is 11.1. The smallest absolute Gasteiger partial charge is 0.435 e. The minimum Gasteiger partial charge on any atom is -0.435 e. The monoisotopic (exact) mass is 289 g/mol. The van der Waals surface area contributed by atoms with Gasteiger partial charge in [0.1, 0.15) is 0 Å². The number of hydrogen-bond acceptors (Lipinski definition) is 6. The number of rotatable bonds is 3. The van der Waals surface area contributed by atoms with Crippen LogP contribution < -0.4 is 11.4 Å². The van der Waals surface area contributed by atoms with E-state index in [4.69, 9.17) is 17.0 Å². The summed E-state index contributed by atoms with van der Waals surface area (Å²) in [6, 6.07) is 0. The Labute approximate surface area is 113 Å². The highest BCUT2D eigenvalue weighted by Crippen LogP contribution is 2.06. The zero-order chi connectivity index (χ0) is 14.7. The molecule has 1 aromatic rings. The van der Waals surface area contributed by atoms with Gasteiger partial charge in [0.2, 0.25) is 0 Å². The molecule has 0 aliphatic heterocycles. The third kappa shape index (κ3) is 2.92. The molecule has 0 amide bonds. The third-order valence-electron chi connectivity index (χ3n) is 2.45. The van der Waals surface area contributed by atoms with E-state index in [1.54, 1.807) is 6.92 Å². The molecule has 0 N–H and O–H groups in total. The number of carbonyl (C=O) groups excluding carboxylic acids is 1. The van der Waals surface area contributed by atoms with Crippen LogP contribution in [0.15, 0.2) is 9.59 Å². The van der Waals surface area contributed by atoms with Crippen LogP contribution in [0.25, 0.3) is 0 Å². The highest BCUT2D eigenvalue weighted by atomic mass is 32.1. The van der Waals surface area contributed by atoms with Crippen LogP contribution in [0.3, 0.4) is 0 Å². The van der Waals surface area contributed by atoms with E-state index in [0.29, 0.717) is 0 Å². The van der Waals surface area contributed by atoms with Crippen LogP contribution in [0.2, 0.25) is 0 Å². The van der Waals surface area contributed by atoms with E-state index in [-0.39, 0.29) is 11.4 Å². The first-order valence-electron chi connectivity index (χ1n) is 5.53. The Bertz CT molecular complexity index is 616. The predicted octanol–water partition coefficient (Wildman–Crippen LogP) is 0.307. The second-order valence-corrected chi connectivity index (χ2v) is 4.10. The largest absolute Gasteiger partial charge is 0.510 e. The van der Waals surface area contributed by atoms with Crippen LogP contribution in [0.5, 0.6) is 0 Å². The van der Waals surface area contributed by atoms with Gasteiger partial charge in [-0.3, -0.25) is 4.57 Å². The maximum absolute atomic E-state index is 12.0. The molecule has 106 valence electrons. The Morgan fingerprint density at radius 2 is 1.84 bits per heavy atom. The standard InChI is InChI=1S/C10H15N3O5S/c1-5-17-10(16)18-6(2)13-8(15)11(3)7(14)12(4)9(13)19/h6H,5H2,1-4H3. The van der Waals surface area contributed by atoms with E-state index in [2.05, 4.69) is 4.74 Å². The molecule has 0 bridgehead atoms. The molecule has 0 spiro atoms. The molecule has 0 aromatic carbocycles. The number of carbonyl (C=O) groups is 1. The van der Waals surface area contributed by atoms with Gasteiger partial charge in [0.15, 0.2) is 11.0 Å². The molecule has 0 saturated carbocycles. The molecular formula is C10H15N3O5S. The average Bonchev–Trinajstić information content (AvgIpc) is 2.34. The molecule has 1 atom stereocenters. The molecule has 8 nitrogen and oxygen atoms in total. The van der Waals surface area contributed by atoms with Crippen LogP contribution in [0, 0.1) is 4.77 Å². The number of ether oxygens (including phenoxy) is 2. The summed E-state index contributed by atoms with van der Waals surface area (Å²) in [7, 11) is 2.74. The van der Waals surface area contributed by atoms with Crippen molar-refractivity contribution >= 4 is 18.4 Å². The van der Waals surface area contributed by atoms with Gasteiger partial charge in [0.25, 0.3) is 0 Å². The van der Waals surface area contributed by atoms with Crippen LogP contribution in [0.4, 0.5) is 4.79 Å². The first-order valence-corrected chi connectivity index (χ1v) is 5.94. The van der Waals surface area contributed by atoms with E-state index < -0.39 is 23.8 Å². The van der Waals surface area contributed by atoms with E-state index in [1.807, 2.05) is 0 Å². The quantitative estimate of drug-likeness (QED) is 0.588. The van der Waals surface area contributed by atoms with Crippen molar-refractivity contribution in [3.8, 4) is 0 Å². The lowest BCUT2D eigenvalue weighted by Gasteiger charge is -2.17. The molecule has 1 rings (SSSR count). The van der Waals surface area contributed by atoms with Gasteiger partial charge < -0.3 is 9.47 Å². The fourth-order valence-corrected chi connectivity index (χ4v) is 1.75. The number of nitrogens with zero attached hydrogens (tertiary/aromatic N) is 3. The fourth-order valence-electron chi connectivity index (χ4n) is 1.45. The van der Waals surface area contributed by atoms with Crippen LogP contribution in [-0.2, 0) is 23.6 Å². The van der Waals surface area contributed by atoms with Gasteiger partial charge in [-0.15, -0.1) is 0 Å². The van der Waals surface area contributed by atoms with Gasteiger partial charge in [-0.25, -0.2) is 23.5 Å². The van der Waals surface area contributed by atoms with Crippen molar-refractivity contribution in [1.82, 2.24) is 13.7 Å². The Kier molecular flexibility index (Phi) is 4.65. The second kappa shape index (κ2) is 5.83. The predicted molar refractivity (Wildman–Crippen MR) is 68.6 cm³/mol. The minimum absolute atomic E-state index is 0.0371. The van der Waals surface area contributed by atoms with E-state index in [1.165, 1.54) is 21.0 Å². The highest BCUT2D eigenvalue weighted by molar-refractivity contribution is 7.71. The Morgan fingerprint density at radius 3 is 2.37 bits per heavy atom. The van der Waals surface area contributed by atoms with Crippen molar-refractivity contribution in [2.75, 3.05) is 6.61 Å². The molecule has 19 heavy (non-hydrogen) atoms. The van der Waals surface area contributed by atoms with Gasteiger partial charge in [-0.1, -0.05) is 0 Å². The van der Waals surface area contributed by atoms with Crippen molar-refractivity contribution in [1.29, 1.82) is 0 Å². The summed E-state index contributed by atoms with van der Waals surface area (Å²) < 4.78 is 12.5. The van der Waals surface area contributed by atoms with Crippen LogP contribution >= 0.6 is 12.2 Å². The summed E-state index contributed by atoms with van der Waals surface area (Å²) in [6.45, 7) is 3.24. The molecule has 0 aliphatic rings. The molecule has 0 fully saturated rings. The maximum atomic E-state index is 12.0. The molecular weight excluding hydrogens is 274 g/mol. The van der Waals surface area contributed by atoms with Crippen LogP contribution in [-0.4, -0.2) is 26.5 Å². The number of aromatic nitrogens is 3. The highest BCUT2D eigenvalue weighted by Gasteiger charge is 2.17. The molecule has 1 aromatic heterocycles. The summed E-state index contributed by atoms with van der Waals surface area (Å²) in [5, 5.41) is 0. The topological polar surface area (TPSA) is 84.5 Å². The summed E-state index contributed by atoms with van der Waals surface area (Å²) >= 11 is 5.00. The Morgan fingerprint density at radius 1 is 1.26 bits per heavy atom. The van der Waals surface area contributed by atoms with Crippen molar-refractivity contribution < 1.29 is 14.3 Å². The lowest BCUT2D eigenvalue weighted by atomic mass is 10.6. The maximum Gasteiger partial charge on any atom is 0.510 e. The first-order chi connectivity index (χ1) is 8.81. The third-order valence-corrected chi connectivity index (χ3v) is 2.92. The van der Waals surface area contributed by atoms with Crippen molar-refractivity contribution in [2.45, 2.75) is 20.1 Å². The Hall–Kier alpha value is -1.90. The van der Waals surface area contributed by atoms with E-state index in [9.17, 15) is 14.4 Å². The number of hydrogen-bond donors (Lipinski definition) is 0. The lowest BCUT2D eigenvalue weighted by molar-refractivity contribution is 0.00237. The van der Waals surface area contributed by atoms with Gasteiger partial charge >= 0.3 is 17.5 Å². The van der Waals surface area contributed by atoms with Crippen molar-refractivity contribution in [3.05, 3.63) is 25.7 Å². The molecule has 0 saturated heterocycles. The first kappa shape index (κ1) is 15.2.